The third-order valence-corrected chi connectivity index (χ3v) is 9.05. The first-order chi connectivity index (χ1) is 12.6. The predicted octanol–water partition coefficient (Wildman–Crippen LogP) is 1.05. The predicted molar refractivity (Wildman–Crippen MR) is 99.3 cm³/mol. The van der Waals surface area contributed by atoms with Gasteiger partial charge in [-0.05, 0) is 26.0 Å². The summed E-state index contributed by atoms with van der Waals surface area (Å²) in [6, 6.07) is 5.85. The molecule has 0 bridgehead atoms. The molecule has 0 radical (unpaired) electrons. The van der Waals surface area contributed by atoms with Crippen molar-refractivity contribution in [3.8, 4) is 0 Å². The number of carbonyl (C=O) groups is 1. The van der Waals surface area contributed by atoms with Crippen LogP contribution in [0.2, 0.25) is 0 Å². The van der Waals surface area contributed by atoms with E-state index >= 15 is 0 Å². The minimum atomic E-state index is -3.71. The molecule has 0 N–H and O–H groups in total. The van der Waals surface area contributed by atoms with Gasteiger partial charge in [0.05, 0.1) is 17.3 Å². The van der Waals surface area contributed by atoms with Crippen molar-refractivity contribution < 1.29 is 26.4 Å². The lowest BCUT2D eigenvalue weighted by Gasteiger charge is -2.42. The van der Waals surface area contributed by atoms with Crippen molar-refractivity contribution in [1.82, 2.24) is 8.61 Å². The van der Waals surface area contributed by atoms with Crippen molar-refractivity contribution in [2.24, 2.45) is 0 Å². The summed E-state index contributed by atoms with van der Waals surface area (Å²) in [5, 5.41) is 0. The van der Waals surface area contributed by atoms with Crippen LogP contribution in [-0.2, 0) is 24.8 Å². The van der Waals surface area contributed by atoms with Gasteiger partial charge in [-0.2, -0.15) is 8.61 Å². The Hall–Kier alpha value is -1.33. The van der Waals surface area contributed by atoms with Crippen molar-refractivity contribution >= 4 is 25.8 Å². The standard InChI is InChI=1S/C17H24N2O6S2/c1-3-26(21,22)19-12-13-25-17(19)8-10-18(11-9-17)27(23,24)16-6-4-15(5-7-16)14(2)20/h4-7H,3,8-13H2,1-2H3. The van der Waals surface area contributed by atoms with E-state index < -0.39 is 25.8 Å². The summed E-state index contributed by atoms with van der Waals surface area (Å²) in [4.78, 5) is 11.5. The Balaban J connectivity index is 1.77. The molecule has 1 aromatic rings. The molecule has 0 atom stereocenters. The second-order valence-corrected chi connectivity index (χ2v) is 10.9. The Morgan fingerprint density at radius 2 is 1.67 bits per heavy atom. The van der Waals surface area contributed by atoms with E-state index in [1.165, 1.54) is 39.8 Å². The third kappa shape index (κ3) is 3.68. The Labute approximate surface area is 160 Å². The minimum absolute atomic E-state index is 0.0113. The molecule has 0 aliphatic carbocycles. The van der Waals surface area contributed by atoms with Gasteiger partial charge in [0.2, 0.25) is 20.0 Å². The van der Waals surface area contributed by atoms with Gasteiger partial charge >= 0.3 is 0 Å². The number of carbonyl (C=O) groups excluding carboxylic acids is 1. The molecule has 150 valence electrons. The minimum Gasteiger partial charge on any atom is -0.358 e. The van der Waals surface area contributed by atoms with Crippen LogP contribution in [0.5, 0.6) is 0 Å². The Kier molecular flexibility index (Phi) is 5.48. The van der Waals surface area contributed by atoms with Crippen LogP contribution in [0, 0.1) is 0 Å². The summed E-state index contributed by atoms with van der Waals surface area (Å²) in [7, 11) is -7.13. The van der Waals surface area contributed by atoms with Gasteiger partial charge in [-0.25, -0.2) is 16.8 Å². The summed E-state index contributed by atoms with van der Waals surface area (Å²) in [6.07, 6.45) is 0.577. The molecule has 10 heteroatoms. The number of hydrogen-bond donors (Lipinski definition) is 0. The summed E-state index contributed by atoms with van der Waals surface area (Å²) in [5.41, 5.74) is -0.495. The van der Waals surface area contributed by atoms with E-state index in [0.717, 1.165) is 0 Å². The largest absolute Gasteiger partial charge is 0.358 e. The van der Waals surface area contributed by atoms with Crippen LogP contribution < -0.4 is 0 Å². The molecule has 0 aromatic heterocycles. The van der Waals surface area contributed by atoms with Crippen LogP contribution in [0.15, 0.2) is 29.2 Å². The van der Waals surface area contributed by atoms with E-state index in [0.29, 0.717) is 18.7 Å². The highest BCUT2D eigenvalue weighted by atomic mass is 32.2. The lowest BCUT2D eigenvalue weighted by atomic mass is 10.0. The molecule has 0 amide bonds. The van der Waals surface area contributed by atoms with Crippen LogP contribution >= 0.6 is 0 Å². The Morgan fingerprint density at radius 3 is 2.19 bits per heavy atom. The van der Waals surface area contributed by atoms with Crippen molar-refractivity contribution in [2.75, 3.05) is 32.0 Å². The number of ether oxygens (including phenoxy) is 1. The highest BCUT2D eigenvalue weighted by molar-refractivity contribution is 7.89. The zero-order valence-corrected chi connectivity index (χ0v) is 17.1. The van der Waals surface area contributed by atoms with Gasteiger partial charge in [0, 0.05) is 38.0 Å². The number of piperidine rings is 1. The first-order valence-electron chi connectivity index (χ1n) is 8.88. The number of benzene rings is 1. The average molecular weight is 417 g/mol. The van der Waals surface area contributed by atoms with Crippen molar-refractivity contribution in [1.29, 1.82) is 0 Å². The van der Waals surface area contributed by atoms with Crippen LogP contribution in [0.3, 0.4) is 0 Å². The second kappa shape index (κ2) is 7.25. The van der Waals surface area contributed by atoms with E-state index in [1.54, 1.807) is 6.92 Å². The van der Waals surface area contributed by atoms with E-state index in [9.17, 15) is 21.6 Å². The fraction of sp³-hybridized carbons (Fsp3) is 0.588. The number of rotatable bonds is 5. The fourth-order valence-corrected chi connectivity index (χ4v) is 6.47. The second-order valence-electron chi connectivity index (χ2n) is 6.75. The average Bonchev–Trinajstić information content (AvgIpc) is 3.06. The number of nitrogens with zero attached hydrogens (tertiary/aromatic N) is 2. The number of Topliss-reactive ketones (excluding diaryl/α,β-unsaturated/α-hetero) is 1. The molecule has 1 spiro atoms. The van der Waals surface area contributed by atoms with E-state index in [-0.39, 0.29) is 42.4 Å². The van der Waals surface area contributed by atoms with Crippen LogP contribution in [0.4, 0.5) is 0 Å². The molecule has 8 nitrogen and oxygen atoms in total. The lowest BCUT2D eigenvalue weighted by Crippen LogP contribution is -2.55. The monoisotopic (exact) mass is 416 g/mol. The molecule has 2 heterocycles. The van der Waals surface area contributed by atoms with Gasteiger partial charge in [0.1, 0.15) is 5.72 Å². The van der Waals surface area contributed by atoms with E-state index in [2.05, 4.69) is 0 Å². The molecule has 2 fully saturated rings. The number of ketones is 1. The van der Waals surface area contributed by atoms with E-state index in [4.69, 9.17) is 4.74 Å². The first kappa shape index (κ1) is 20.4. The molecule has 1 aromatic carbocycles. The van der Waals surface area contributed by atoms with Gasteiger partial charge in [-0.3, -0.25) is 4.79 Å². The lowest BCUT2D eigenvalue weighted by molar-refractivity contribution is -0.0806. The van der Waals surface area contributed by atoms with Gasteiger partial charge in [-0.1, -0.05) is 12.1 Å². The van der Waals surface area contributed by atoms with Gasteiger partial charge in [0.15, 0.2) is 5.78 Å². The Morgan fingerprint density at radius 1 is 1.07 bits per heavy atom. The number of sulfonamides is 2. The van der Waals surface area contributed by atoms with Crippen LogP contribution in [0.25, 0.3) is 0 Å². The first-order valence-corrected chi connectivity index (χ1v) is 11.9. The highest BCUT2D eigenvalue weighted by Crippen LogP contribution is 2.37. The fourth-order valence-electron chi connectivity index (χ4n) is 3.62. The zero-order valence-electron chi connectivity index (χ0n) is 15.4. The zero-order chi connectivity index (χ0) is 19.9. The molecular weight excluding hydrogens is 392 g/mol. The SMILES string of the molecule is CCS(=O)(=O)N1CCOC12CCN(S(=O)(=O)c1ccc(C(C)=O)cc1)CC2. The maximum atomic E-state index is 12.9. The molecule has 2 saturated heterocycles. The van der Waals surface area contributed by atoms with Crippen LogP contribution in [0.1, 0.15) is 37.0 Å². The smallest absolute Gasteiger partial charge is 0.243 e. The van der Waals surface area contributed by atoms with Crippen molar-refractivity contribution in [2.45, 2.75) is 37.3 Å². The van der Waals surface area contributed by atoms with E-state index in [1.807, 2.05) is 0 Å². The summed E-state index contributed by atoms with van der Waals surface area (Å²) < 4.78 is 59.0. The van der Waals surface area contributed by atoms with Gasteiger partial charge < -0.3 is 4.74 Å². The topological polar surface area (TPSA) is 101 Å². The summed E-state index contributed by atoms with van der Waals surface area (Å²) in [5.74, 6) is -0.141. The normalized spacial score (nSPS) is 21.6. The molecule has 27 heavy (non-hydrogen) atoms. The maximum absolute atomic E-state index is 12.9. The summed E-state index contributed by atoms with van der Waals surface area (Å²) in [6.45, 7) is 3.98. The molecule has 0 saturated carbocycles. The number of hydrogen-bond acceptors (Lipinski definition) is 6. The summed E-state index contributed by atoms with van der Waals surface area (Å²) >= 11 is 0. The molecular formula is C17H24N2O6S2. The quantitative estimate of drug-likeness (QED) is 0.665. The van der Waals surface area contributed by atoms with Crippen molar-refractivity contribution in [3.05, 3.63) is 29.8 Å². The molecule has 3 rings (SSSR count). The highest BCUT2D eigenvalue weighted by Gasteiger charge is 2.50. The van der Waals surface area contributed by atoms with Crippen LogP contribution in [-0.4, -0.2) is 68.9 Å². The molecule has 2 aliphatic heterocycles. The molecule has 0 unspecified atom stereocenters. The van der Waals surface area contributed by atoms with Crippen molar-refractivity contribution in [3.63, 3.8) is 0 Å². The van der Waals surface area contributed by atoms with Gasteiger partial charge in [0.25, 0.3) is 0 Å². The maximum Gasteiger partial charge on any atom is 0.243 e. The third-order valence-electron chi connectivity index (χ3n) is 5.22. The van der Waals surface area contributed by atoms with Gasteiger partial charge in [-0.15, -0.1) is 0 Å². The Bertz CT molecular complexity index is 917. The molecule has 2 aliphatic rings.